The van der Waals surface area contributed by atoms with E-state index in [-0.39, 0.29) is 28.8 Å². The number of rotatable bonds is 5. The van der Waals surface area contributed by atoms with Crippen LogP contribution in [0, 0.1) is 11.3 Å². The number of hydrogen-bond donors (Lipinski definition) is 2. The van der Waals surface area contributed by atoms with Gasteiger partial charge in [-0.05, 0) is 18.2 Å². The molecule has 0 unspecified atom stereocenters. The van der Waals surface area contributed by atoms with Crippen LogP contribution < -0.4 is 10.0 Å². The molecule has 19 heavy (non-hydrogen) atoms. The number of nitriles is 1. The van der Waals surface area contributed by atoms with E-state index in [0.29, 0.717) is 5.69 Å². The highest BCUT2D eigenvalue weighted by Gasteiger charge is 2.15. The standard InChI is InChI=1S/C11H12ClN3O3S/c1-8(16)15-11-4-3-9(7-10(11)12)19(17,18)14-6-2-5-13/h3-4,7,14H,2,6H2,1H3,(H,15,16). The van der Waals surface area contributed by atoms with Gasteiger partial charge in [0.05, 0.1) is 21.7 Å². The summed E-state index contributed by atoms with van der Waals surface area (Å²) in [5, 5.41) is 11.0. The molecule has 8 heteroatoms. The Hall–Kier alpha value is -1.62. The van der Waals surface area contributed by atoms with Crippen LogP contribution in [0.3, 0.4) is 0 Å². The Labute approximate surface area is 116 Å². The van der Waals surface area contributed by atoms with Crippen LogP contribution in [-0.4, -0.2) is 20.9 Å². The molecule has 1 amide bonds. The molecule has 0 spiro atoms. The van der Waals surface area contributed by atoms with Gasteiger partial charge in [0.2, 0.25) is 15.9 Å². The summed E-state index contributed by atoms with van der Waals surface area (Å²) in [6.07, 6.45) is 0.0803. The number of hydrogen-bond acceptors (Lipinski definition) is 4. The van der Waals surface area contributed by atoms with Gasteiger partial charge >= 0.3 is 0 Å². The zero-order valence-corrected chi connectivity index (χ0v) is 11.7. The summed E-state index contributed by atoms with van der Waals surface area (Å²) < 4.78 is 25.9. The minimum Gasteiger partial charge on any atom is -0.325 e. The zero-order valence-electron chi connectivity index (χ0n) is 10.1. The van der Waals surface area contributed by atoms with E-state index in [4.69, 9.17) is 16.9 Å². The fourth-order valence-corrected chi connectivity index (χ4v) is 2.63. The largest absolute Gasteiger partial charge is 0.325 e. The molecule has 0 aliphatic carbocycles. The van der Waals surface area contributed by atoms with E-state index in [2.05, 4.69) is 10.0 Å². The number of nitrogens with one attached hydrogen (secondary N) is 2. The van der Waals surface area contributed by atoms with E-state index in [1.807, 2.05) is 6.07 Å². The third kappa shape index (κ3) is 4.52. The predicted octanol–water partition coefficient (Wildman–Crippen LogP) is 1.49. The van der Waals surface area contributed by atoms with Gasteiger partial charge in [-0.1, -0.05) is 11.6 Å². The van der Waals surface area contributed by atoms with Crippen LogP contribution in [0.2, 0.25) is 5.02 Å². The fraction of sp³-hybridized carbons (Fsp3) is 0.273. The Morgan fingerprint density at radius 2 is 2.16 bits per heavy atom. The van der Waals surface area contributed by atoms with Gasteiger partial charge in [0.1, 0.15) is 0 Å². The predicted molar refractivity (Wildman–Crippen MR) is 71.2 cm³/mol. The number of halogens is 1. The lowest BCUT2D eigenvalue weighted by molar-refractivity contribution is -0.114. The van der Waals surface area contributed by atoms with Crippen LogP contribution in [0.5, 0.6) is 0 Å². The van der Waals surface area contributed by atoms with Crippen LogP contribution in [-0.2, 0) is 14.8 Å². The van der Waals surface area contributed by atoms with Gasteiger partial charge in [-0.15, -0.1) is 0 Å². The summed E-state index contributed by atoms with van der Waals surface area (Å²) in [4.78, 5) is 10.9. The van der Waals surface area contributed by atoms with Crippen molar-refractivity contribution in [2.75, 3.05) is 11.9 Å². The van der Waals surface area contributed by atoms with E-state index < -0.39 is 10.0 Å². The zero-order chi connectivity index (χ0) is 14.5. The van der Waals surface area contributed by atoms with E-state index in [0.717, 1.165) is 0 Å². The molecule has 1 aromatic carbocycles. The van der Waals surface area contributed by atoms with Gasteiger partial charge in [-0.2, -0.15) is 5.26 Å². The van der Waals surface area contributed by atoms with Crippen molar-refractivity contribution in [3.63, 3.8) is 0 Å². The fourth-order valence-electron chi connectivity index (χ4n) is 1.28. The third-order valence-corrected chi connectivity index (χ3v) is 3.86. The number of benzene rings is 1. The summed E-state index contributed by atoms with van der Waals surface area (Å²) in [5.74, 6) is -0.301. The first-order chi connectivity index (χ1) is 8.86. The molecule has 0 aliphatic rings. The van der Waals surface area contributed by atoms with E-state index in [1.54, 1.807) is 0 Å². The van der Waals surface area contributed by atoms with Gasteiger partial charge in [-0.3, -0.25) is 4.79 Å². The first-order valence-corrected chi connectivity index (χ1v) is 7.16. The molecule has 0 atom stereocenters. The second-order valence-corrected chi connectivity index (χ2v) is 5.80. The highest BCUT2D eigenvalue weighted by Crippen LogP contribution is 2.25. The monoisotopic (exact) mass is 301 g/mol. The molecule has 0 radical (unpaired) electrons. The van der Waals surface area contributed by atoms with Crippen LogP contribution in [0.25, 0.3) is 0 Å². The Morgan fingerprint density at radius 1 is 1.47 bits per heavy atom. The molecule has 0 aliphatic heterocycles. The summed E-state index contributed by atoms with van der Waals surface area (Å²) in [6.45, 7) is 1.36. The molecular weight excluding hydrogens is 290 g/mol. The SMILES string of the molecule is CC(=O)Nc1ccc(S(=O)(=O)NCCC#N)cc1Cl. The number of carbonyl (C=O) groups is 1. The maximum atomic E-state index is 11.8. The average Bonchev–Trinajstić information content (AvgIpc) is 2.31. The number of sulfonamides is 1. The van der Waals surface area contributed by atoms with Crippen LogP contribution in [0.4, 0.5) is 5.69 Å². The molecule has 0 saturated carbocycles. The van der Waals surface area contributed by atoms with Gasteiger partial charge in [0, 0.05) is 19.9 Å². The van der Waals surface area contributed by atoms with Crippen LogP contribution >= 0.6 is 11.6 Å². The Morgan fingerprint density at radius 3 is 2.68 bits per heavy atom. The molecule has 0 bridgehead atoms. The second-order valence-electron chi connectivity index (χ2n) is 3.63. The molecule has 0 heterocycles. The maximum absolute atomic E-state index is 11.8. The maximum Gasteiger partial charge on any atom is 0.240 e. The van der Waals surface area contributed by atoms with Crippen molar-refractivity contribution in [2.45, 2.75) is 18.2 Å². The average molecular weight is 302 g/mol. The van der Waals surface area contributed by atoms with Crippen molar-refractivity contribution < 1.29 is 13.2 Å². The first kappa shape index (κ1) is 15.4. The second kappa shape index (κ2) is 6.52. The van der Waals surface area contributed by atoms with Crippen molar-refractivity contribution in [3.8, 4) is 6.07 Å². The van der Waals surface area contributed by atoms with Crippen molar-refractivity contribution in [1.29, 1.82) is 5.26 Å². The molecule has 1 aromatic rings. The Bertz CT molecular complexity index is 623. The first-order valence-electron chi connectivity index (χ1n) is 5.30. The summed E-state index contributed by atoms with van der Waals surface area (Å²) in [6, 6.07) is 5.80. The van der Waals surface area contributed by atoms with Gasteiger partial charge in [0.25, 0.3) is 0 Å². The van der Waals surface area contributed by atoms with Gasteiger partial charge in [0.15, 0.2) is 0 Å². The molecule has 0 saturated heterocycles. The number of anilines is 1. The van der Waals surface area contributed by atoms with Crippen molar-refractivity contribution in [2.24, 2.45) is 0 Å². The van der Waals surface area contributed by atoms with Crippen LogP contribution in [0.1, 0.15) is 13.3 Å². The smallest absolute Gasteiger partial charge is 0.240 e. The lowest BCUT2D eigenvalue weighted by atomic mass is 10.3. The molecule has 1 rings (SSSR count). The quantitative estimate of drug-likeness (QED) is 0.805. The number of carbonyl (C=O) groups excluding carboxylic acids is 1. The van der Waals surface area contributed by atoms with E-state index >= 15 is 0 Å². The van der Waals surface area contributed by atoms with Crippen molar-refractivity contribution in [3.05, 3.63) is 23.2 Å². The van der Waals surface area contributed by atoms with Crippen molar-refractivity contribution in [1.82, 2.24) is 4.72 Å². The molecule has 0 fully saturated rings. The topological polar surface area (TPSA) is 99.1 Å². The molecule has 2 N–H and O–H groups in total. The lowest BCUT2D eigenvalue weighted by Crippen LogP contribution is -2.24. The lowest BCUT2D eigenvalue weighted by Gasteiger charge is -2.08. The molecule has 0 aromatic heterocycles. The summed E-state index contributed by atoms with van der Waals surface area (Å²) in [5.41, 5.74) is 0.338. The summed E-state index contributed by atoms with van der Waals surface area (Å²) in [7, 11) is -3.70. The highest BCUT2D eigenvalue weighted by molar-refractivity contribution is 7.89. The molecule has 6 nitrogen and oxygen atoms in total. The van der Waals surface area contributed by atoms with E-state index in [1.165, 1.54) is 25.1 Å². The third-order valence-electron chi connectivity index (χ3n) is 2.09. The minimum absolute atomic E-state index is 0.0236. The van der Waals surface area contributed by atoms with Gasteiger partial charge in [-0.25, -0.2) is 13.1 Å². The van der Waals surface area contributed by atoms with Crippen molar-refractivity contribution >= 4 is 33.2 Å². The number of nitrogens with zero attached hydrogens (tertiary/aromatic N) is 1. The number of amides is 1. The molecular formula is C11H12ClN3O3S. The van der Waals surface area contributed by atoms with Gasteiger partial charge < -0.3 is 5.32 Å². The van der Waals surface area contributed by atoms with Crippen LogP contribution in [0.15, 0.2) is 23.1 Å². The minimum atomic E-state index is -3.70. The molecule has 102 valence electrons. The Kier molecular flexibility index (Phi) is 5.30. The summed E-state index contributed by atoms with van der Waals surface area (Å²) >= 11 is 5.88. The Balaban J connectivity index is 2.94. The van der Waals surface area contributed by atoms with E-state index in [9.17, 15) is 13.2 Å². The normalized spacial score (nSPS) is 10.8. The highest BCUT2D eigenvalue weighted by atomic mass is 35.5.